The highest BCUT2D eigenvalue weighted by Gasteiger charge is 2.45. The van der Waals surface area contributed by atoms with Crippen molar-refractivity contribution < 1.29 is 13.8 Å². The van der Waals surface area contributed by atoms with Gasteiger partial charge in [0, 0.05) is 1.43 Å². The Morgan fingerprint density at radius 3 is 1.54 bits per heavy atom. The topological polar surface area (TPSA) is 27.7 Å². The molecule has 3 nitrogen and oxygen atoms in total. The molecular formula is C17H42O3Si4. The molecule has 144 valence electrons. The molecule has 0 radical (unpaired) electrons. The fourth-order valence-corrected chi connectivity index (χ4v) is 21.1. The second-order valence-electron chi connectivity index (χ2n) is 8.52. The molecule has 24 heavy (non-hydrogen) atoms. The van der Waals surface area contributed by atoms with Gasteiger partial charge >= 0.3 is 17.1 Å². The summed E-state index contributed by atoms with van der Waals surface area (Å²) in [5.74, 6) is 0. The zero-order chi connectivity index (χ0) is 19.1. The van der Waals surface area contributed by atoms with Gasteiger partial charge in [-0.05, 0) is 57.9 Å². The van der Waals surface area contributed by atoms with E-state index in [-0.39, 0.29) is 1.43 Å². The molecule has 0 aliphatic rings. The Morgan fingerprint density at radius 1 is 0.750 bits per heavy atom. The van der Waals surface area contributed by atoms with Crippen LogP contribution in [0.4, 0.5) is 0 Å². The average molecular weight is 407 g/mol. The average Bonchev–Trinajstić information content (AvgIpc) is 2.40. The summed E-state index contributed by atoms with van der Waals surface area (Å²) >= 11 is 0. The van der Waals surface area contributed by atoms with Crippen molar-refractivity contribution in [3.63, 3.8) is 0 Å². The normalized spacial score (nSPS) is 15.8. The van der Waals surface area contributed by atoms with Gasteiger partial charge in [-0.3, -0.25) is 0 Å². The van der Waals surface area contributed by atoms with Gasteiger partial charge in [0.15, 0.2) is 16.6 Å². The monoisotopic (exact) mass is 406 g/mol. The Bertz CT molecular complexity index is 425. The largest absolute Gasteiger partial charge is 0.436 e. The van der Waals surface area contributed by atoms with Crippen LogP contribution in [0.25, 0.3) is 0 Å². The molecule has 0 saturated carbocycles. The van der Waals surface area contributed by atoms with Crippen molar-refractivity contribution in [2.75, 3.05) is 0 Å². The molecule has 0 fully saturated rings. The molecule has 0 aromatic rings. The van der Waals surface area contributed by atoms with Crippen molar-refractivity contribution >= 4 is 33.8 Å². The third-order valence-electron chi connectivity index (χ3n) is 3.96. The lowest BCUT2D eigenvalue weighted by Crippen LogP contribution is -2.57. The SMILES string of the molecule is C#C[Si](C)(O[Si](C)(C)CCCC)O[Si](C)(C)O[Si](C)(C)CCCC.[HH]. The van der Waals surface area contributed by atoms with E-state index >= 15 is 0 Å². The molecule has 0 rings (SSSR count). The predicted octanol–water partition coefficient (Wildman–Crippen LogP) is 6.24. The van der Waals surface area contributed by atoms with Crippen molar-refractivity contribution in [1.29, 1.82) is 0 Å². The molecule has 0 bridgehead atoms. The van der Waals surface area contributed by atoms with Crippen molar-refractivity contribution in [3.8, 4) is 12.0 Å². The fourth-order valence-electron chi connectivity index (χ4n) is 3.07. The zero-order valence-electron chi connectivity index (χ0n) is 17.5. The summed E-state index contributed by atoms with van der Waals surface area (Å²) in [5, 5.41) is 0. The first-order valence-corrected chi connectivity index (χ1v) is 20.7. The first-order chi connectivity index (χ1) is 10.8. The van der Waals surface area contributed by atoms with Crippen LogP contribution in [0.15, 0.2) is 0 Å². The first-order valence-electron chi connectivity index (χ1n) is 9.38. The summed E-state index contributed by atoms with van der Waals surface area (Å²) < 4.78 is 19.5. The molecule has 1 unspecified atom stereocenters. The third kappa shape index (κ3) is 10.3. The third-order valence-corrected chi connectivity index (χ3v) is 19.1. The Hall–Kier alpha value is 0.308. The van der Waals surface area contributed by atoms with E-state index in [9.17, 15) is 0 Å². The molecule has 0 aliphatic heterocycles. The Balaban J connectivity index is 0. The number of unbranched alkanes of at least 4 members (excludes halogenated alkanes) is 2. The van der Waals surface area contributed by atoms with Crippen LogP contribution in [0.3, 0.4) is 0 Å². The van der Waals surface area contributed by atoms with Crippen LogP contribution in [-0.2, 0) is 12.3 Å². The summed E-state index contributed by atoms with van der Waals surface area (Å²) in [6.45, 7) is 19.8. The van der Waals surface area contributed by atoms with Gasteiger partial charge in [0.2, 0.25) is 0 Å². The van der Waals surface area contributed by atoms with E-state index in [1.165, 1.54) is 31.7 Å². The number of terminal acetylenes is 1. The van der Waals surface area contributed by atoms with Gasteiger partial charge in [0.05, 0.1) is 0 Å². The molecule has 0 aromatic heterocycles. The van der Waals surface area contributed by atoms with Crippen molar-refractivity contribution in [2.24, 2.45) is 0 Å². The maximum atomic E-state index is 6.55. The molecule has 0 heterocycles. The van der Waals surface area contributed by atoms with Gasteiger partial charge in [-0.1, -0.05) is 45.1 Å². The molecule has 0 spiro atoms. The van der Waals surface area contributed by atoms with E-state index < -0.39 is 33.8 Å². The second-order valence-corrected chi connectivity index (χ2v) is 24.0. The highest BCUT2D eigenvalue weighted by atomic mass is 28.5. The lowest BCUT2D eigenvalue weighted by molar-refractivity contribution is 0.334. The van der Waals surface area contributed by atoms with Crippen LogP contribution in [0.2, 0.25) is 57.9 Å². The zero-order valence-corrected chi connectivity index (χ0v) is 21.5. The van der Waals surface area contributed by atoms with Crippen LogP contribution >= 0.6 is 0 Å². The molecule has 0 N–H and O–H groups in total. The highest BCUT2D eigenvalue weighted by Crippen LogP contribution is 2.27. The lowest BCUT2D eigenvalue weighted by Gasteiger charge is -2.40. The van der Waals surface area contributed by atoms with Gasteiger partial charge in [-0.2, -0.15) is 0 Å². The molecule has 0 amide bonds. The van der Waals surface area contributed by atoms with E-state index in [0.29, 0.717) is 0 Å². The first kappa shape index (κ1) is 24.3. The van der Waals surface area contributed by atoms with E-state index in [2.05, 4.69) is 58.7 Å². The highest BCUT2D eigenvalue weighted by molar-refractivity contribution is 6.92. The van der Waals surface area contributed by atoms with Crippen LogP contribution in [-0.4, -0.2) is 33.8 Å². The van der Waals surface area contributed by atoms with Gasteiger partial charge in [-0.15, -0.1) is 6.42 Å². The number of rotatable bonds is 12. The summed E-state index contributed by atoms with van der Waals surface area (Å²) in [4.78, 5) is 0. The smallest absolute Gasteiger partial charge is 0.401 e. The van der Waals surface area contributed by atoms with Gasteiger partial charge in [0.1, 0.15) is 0 Å². The van der Waals surface area contributed by atoms with E-state index in [1.54, 1.807) is 0 Å². The Labute approximate surface area is 157 Å². The minimum atomic E-state index is -2.63. The van der Waals surface area contributed by atoms with Crippen LogP contribution < -0.4 is 0 Å². The molecule has 7 heteroatoms. The van der Waals surface area contributed by atoms with Crippen molar-refractivity contribution in [2.45, 2.75) is 97.4 Å². The molecule has 1 atom stereocenters. The van der Waals surface area contributed by atoms with E-state index in [1.807, 2.05) is 6.55 Å². The number of hydrogen-bond acceptors (Lipinski definition) is 3. The second kappa shape index (κ2) is 9.85. The standard InChI is InChI=1S/C17H40O3Si4.H2/c1-11-14-16-21(4,5)18-23(8,9)20-24(10,13-3)19-22(6,7)17-15-12-2;/h3H,11-12,14-17H2,1-2,4-10H3;1H. The maximum Gasteiger partial charge on any atom is 0.401 e. The van der Waals surface area contributed by atoms with Crippen molar-refractivity contribution in [3.05, 3.63) is 0 Å². The molecular weight excluding hydrogens is 365 g/mol. The van der Waals surface area contributed by atoms with Crippen LogP contribution in [0.1, 0.15) is 41.0 Å². The quantitative estimate of drug-likeness (QED) is 0.283. The predicted molar refractivity (Wildman–Crippen MR) is 118 cm³/mol. The van der Waals surface area contributed by atoms with Crippen LogP contribution in [0, 0.1) is 12.0 Å². The summed E-state index contributed by atoms with van der Waals surface area (Å²) in [5.41, 5.74) is 2.90. The lowest BCUT2D eigenvalue weighted by atomic mass is 10.4. The maximum absolute atomic E-state index is 6.55. The fraction of sp³-hybridized carbons (Fsp3) is 0.882. The van der Waals surface area contributed by atoms with E-state index in [0.717, 1.165) is 6.04 Å². The minimum Gasteiger partial charge on any atom is -0.436 e. The molecule has 0 saturated heterocycles. The van der Waals surface area contributed by atoms with Crippen LogP contribution in [0.5, 0.6) is 0 Å². The minimum absolute atomic E-state index is 0. The van der Waals surface area contributed by atoms with E-state index in [4.69, 9.17) is 18.8 Å². The van der Waals surface area contributed by atoms with Crippen molar-refractivity contribution in [1.82, 2.24) is 0 Å². The summed E-state index contributed by atoms with van der Waals surface area (Å²) in [7, 11) is -8.42. The molecule has 0 aliphatic carbocycles. The summed E-state index contributed by atoms with van der Waals surface area (Å²) in [6.07, 6.45) is 10.7. The Morgan fingerprint density at radius 2 is 1.17 bits per heavy atom. The molecule has 0 aromatic carbocycles. The van der Waals surface area contributed by atoms with Gasteiger partial charge < -0.3 is 12.3 Å². The van der Waals surface area contributed by atoms with Gasteiger partial charge in [-0.25, -0.2) is 0 Å². The number of hydrogen-bond donors (Lipinski definition) is 0. The van der Waals surface area contributed by atoms with Gasteiger partial charge in [0.25, 0.3) is 0 Å². The Kier molecular flexibility index (Phi) is 9.98. The summed E-state index contributed by atoms with van der Waals surface area (Å²) in [6, 6.07) is 2.31.